The fourth-order valence-electron chi connectivity index (χ4n) is 1.53. The van der Waals surface area contributed by atoms with E-state index in [2.05, 4.69) is 20.7 Å². The van der Waals surface area contributed by atoms with E-state index in [1.807, 2.05) is 26.0 Å². The van der Waals surface area contributed by atoms with Crippen molar-refractivity contribution in [3.8, 4) is 0 Å². The summed E-state index contributed by atoms with van der Waals surface area (Å²) in [7, 11) is 1.32. The zero-order valence-electron chi connectivity index (χ0n) is 10.2. The van der Waals surface area contributed by atoms with Gasteiger partial charge in [0.05, 0.1) is 13.5 Å². The van der Waals surface area contributed by atoms with Crippen LogP contribution in [0, 0.1) is 13.8 Å². The molecule has 4 heteroatoms. The Labute approximate surface area is 109 Å². The van der Waals surface area contributed by atoms with Crippen LogP contribution in [0.1, 0.15) is 34.3 Å². The minimum atomic E-state index is -0.357. The average Bonchev–Trinajstić information content (AvgIpc) is 2.30. The van der Waals surface area contributed by atoms with Crippen LogP contribution in [0.2, 0.25) is 0 Å². The maximum atomic E-state index is 11.9. The van der Waals surface area contributed by atoms with Gasteiger partial charge in [-0.15, -0.1) is 0 Å². The Balaban J connectivity index is 2.82. The summed E-state index contributed by atoms with van der Waals surface area (Å²) in [6, 6.07) is 3.76. The first kappa shape index (κ1) is 13.9. The molecule has 0 atom stereocenters. The summed E-state index contributed by atoms with van der Waals surface area (Å²) >= 11 is 3.42. The molecule has 3 nitrogen and oxygen atoms in total. The second-order valence-electron chi connectivity index (χ2n) is 3.92. The van der Waals surface area contributed by atoms with Crippen LogP contribution >= 0.6 is 15.9 Å². The van der Waals surface area contributed by atoms with Crippen LogP contribution in [0.3, 0.4) is 0 Å². The minimum absolute atomic E-state index is 0.0245. The van der Waals surface area contributed by atoms with Crippen molar-refractivity contribution in [3.63, 3.8) is 0 Å². The number of hydrogen-bond donors (Lipinski definition) is 0. The zero-order chi connectivity index (χ0) is 13.0. The molecule has 0 fully saturated rings. The molecule has 92 valence electrons. The first-order valence-corrected chi connectivity index (χ1v) is 6.11. The normalized spacial score (nSPS) is 10.1. The van der Waals surface area contributed by atoms with Crippen LogP contribution in [0.15, 0.2) is 16.6 Å². The largest absolute Gasteiger partial charge is 0.469 e. The molecule has 0 aromatic heterocycles. The fourth-order valence-corrected chi connectivity index (χ4v) is 1.99. The number of ketones is 1. The maximum absolute atomic E-state index is 11.9. The van der Waals surface area contributed by atoms with Crippen LogP contribution in [0.4, 0.5) is 0 Å². The van der Waals surface area contributed by atoms with Gasteiger partial charge in [-0.1, -0.05) is 15.9 Å². The second kappa shape index (κ2) is 5.96. The molecule has 0 heterocycles. The van der Waals surface area contributed by atoms with Gasteiger partial charge in [0, 0.05) is 16.5 Å². The van der Waals surface area contributed by atoms with E-state index >= 15 is 0 Å². The molecular formula is C13H15BrO3. The van der Waals surface area contributed by atoms with Crippen molar-refractivity contribution in [2.75, 3.05) is 7.11 Å². The lowest BCUT2D eigenvalue weighted by atomic mass is 9.99. The van der Waals surface area contributed by atoms with Gasteiger partial charge in [-0.2, -0.15) is 0 Å². The van der Waals surface area contributed by atoms with Crippen molar-refractivity contribution in [3.05, 3.63) is 33.3 Å². The van der Waals surface area contributed by atoms with E-state index in [1.54, 1.807) is 0 Å². The first-order valence-electron chi connectivity index (χ1n) is 5.32. The number of methoxy groups -OCH3 is 1. The Morgan fingerprint density at radius 1 is 1.18 bits per heavy atom. The molecule has 1 aromatic carbocycles. The SMILES string of the molecule is COC(=O)CCC(=O)c1cc(C)c(Br)cc1C. The molecule has 0 saturated heterocycles. The summed E-state index contributed by atoms with van der Waals surface area (Å²) in [5.41, 5.74) is 2.60. The summed E-state index contributed by atoms with van der Waals surface area (Å²) < 4.78 is 5.50. The van der Waals surface area contributed by atoms with Crippen LogP contribution < -0.4 is 0 Å². The van der Waals surface area contributed by atoms with Crippen molar-refractivity contribution < 1.29 is 14.3 Å². The average molecular weight is 299 g/mol. The van der Waals surface area contributed by atoms with Crippen molar-refractivity contribution >= 4 is 27.7 Å². The molecule has 0 spiro atoms. The summed E-state index contributed by atoms with van der Waals surface area (Å²) in [5, 5.41) is 0. The number of rotatable bonds is 4. The van der Waals surface area contributed by atoms with Gasteiger partial charge in [-0.25, -0.2) is 0 Å². The summed E-state index contributed by atoms with van der Waals surface area (Å²) in [6.07, 6.45) is 0.318. The standard InChI is InChI=1S/C13H15BrO3/c1-8-7-11(14)9(2)6-10(8)12(15)4-5-13(16)17-3/h6-7H,4-5H2,1-3H3. The Bertz CT molecular complexity index is 452. The van der Waals surface area contributed by atoms with Crippen molar-refractivity contribution in [2.45, 2.75) is 26.7 Å². The van der Waals surface area contributed by atoms with E-state index in [0.29, 0.717) is 5.56 Å². The third kappa shape index (κ3) is 3.66. The fraction of sp³-hybridized carbons (Fsp3) is 0.385. The maximum Gasteiger partial charge on any atom is 0.305 e. The zero-order valence-corrected chi connectivity index (χ0v) is 11.8. The van der Waals surface area contributed by atoms with Gasteiger partial charge in [0.2, 0.25) is 0 Å². The molecule has 0 radical (unpaired) electrons. The number of ether oxygens (including phenoxy) is 1. The van der Waals surface area contributed by atoms with E-state index in [4.69, 9.17) is 0 Å². The molecule has 0 unspecified atom stereocenters. The number of Topliss-reactive ketones (excluding diaryl/α,β-unsaturated/α-hetero) is 1. The molecule has 0 aliphatic rings. The summed E-state index contributed by atoms with van der Waals surface area (Å²) in [6.45, 7) is 3.82. The van der Waals surface area contributed by atoms with E-state index in [0.717, 1.165) is 15.6 Å². The molecule has 0 aliphatic carbocycles. The number of halogens is 1. The number of benzene rings is 1. The predicted molar refractivity (Wildman–Crippen MR) is 69.2 cm³/mol. The first-order chi connectivity index (χ1) is 7.95. The van der Waals surface area contributed by atoms with Crippen molar-refractivity contribution in [1.29, 1.82) is 0 Å². The van der Waals surface area contributed by atoms with E-state index < -0.39 is 0 Å². The number of esters is 1. The third-order valence-electron chi connectivity index (χ3n) is 2.59. The van der Waals surface area contributed by atoms with Gasteiger partial charge >= 0.3 is 5.97 Å². The lowest BCUT2D eigenvalue weighted by Crippen LogP contribution is -2.07. The molecule has 1 rings (SSSR count). The van der Waals surface area contributed by atoms with E-state index in [9.17, 15) is 9.59 Å². The lowest BCUT2D eigenvalue weighted by Gasteiger charge is -2.07. The van der Waals surface area contributed by atoms with Gasteiger partial charge in [0.15, 0.2) is 5.78 Å². The van der Waals surface area contributed by atoms with E-state index in [1.165, 1.54) is 7.11 Å². The number of aryl methyl sites for hydroxylation is 2. The van der Waals surface area contributed by atoms with Gasteiger partial charge in [-0.3, -0.25) is 9.59 Å². The Morgan fingerprint density at radius 3 is 2.41 bits per heavy atom. The highest BCUT2D eigenvalue weighted by molar-refractivity contribution is 9.10. The third-order valence-corrected chi connectivity index (χ3v) is 3.44. The molecule has 17 heavy (non-hydrogen) atoms. The number of carbonyl (C=O) groups is 2. The van der Waals surface area contributed by atoms with Gasteiger partial charge in [-0.05, 0) is 37.1 Å². The molecule has 0 amide bonds. The number of hydrogen-bond acceptors (Lipinski definition) is 3. The van der Waals surface area contributed by atoms with Crippen LogP contribution in [0.25, 0.3) is 0 Å². The number of carbonyl (C=O) groups excluding carboxylic acids is 2. The molecule has 0 saturated carbocycles. The lowest BCUT2D eigenvalue weighted by molar-refractivity contribution is -0.140. The molecule has 1 aromatic rings. The Morgan fingerprint density at radius 2 is 1.82 bits per heavy atom. The smallest absolute Gasteiger partial charge is 0.305 e. The van der Waals surface area contributed by atoms with E-state index in [-0.39, 0.29) is 24.6 Å². The highest BCUT2D eigenvalue weighted by atomic mass is 79.9. The monoisotopic (exact) mass is 298 g/mol. The summed E-state index contributed by atoms with van der Waals surface area (Å²) in [4.78, 5) is 22.9. The van der Waals surface area contributed by atoms with Crippen LogP contribution in [-0.4, -0.2) is 18.9 Å². The van der Waals surface area contributed by atoms with Crippen LogP contribution in [-0.2, 0) is 9.53 Å². The Hall–Kier alpha value is -1.16. The molecule has 0 N–H and O–H groups in total. The highest BCUT2D eigenvalue weighted by Gasteiger charge is 2.13. The van der Waals surface area contributed by atoms with Crippen LogP contribution in [0.5, 0.6) is 0 Å². The quantitative estimate of drug-likeness (QED) is 0.633. The topological polar surface area (TPSA) is 43.4 Å². The minimum Gasteiger partial charge on any atom is -0.469 e. The van der Waals surface area contributed by atoms with Gasteiger partial charge < -0.3 is 4.74 Å². The van der Waals surface area contributed by atoms with Crippen molar-refractivity contribution in [1.82, 2.24) is 0 Å². The molecular weight excluding hydrogens is 284 g/mol. The molecule has 0 aliphatic heterocycles. The highest BCUT2D eigenvalue weighted by Crippen LogP contribution is 2.22. The summed E-state index contributed by atoms with van der Waals surface area (Å²) in [5.74, 6) is -0.381. The predicted octanol–water partition coefficient (Wildman–Crippen LogP) is 3.20. The molecule has 0 bridgehead atoms. The van der Waals surface area contributed by atoms with Gasteiger partial charge in [0.25, 0.3) is 0 Å². The second-order valence-corrected chi connectivity index (χ2v) is 4.77. The Kier molecular flexibility index (Phi) is 4.87. The van der Waals surface area contributed by atoms with Gasteiger partial charge in [0.1, 0.15) is 0 Å². The van der Waals surface area contributed by atoms with Crippen molar-refractivity contribution in [2.24, 2.45) is 0 Å².